The number of β-amino-alcohol motifs (C(OH)–C–C–N with tert-alkyl or cyclic N) is 1. The fourth-order valence-electron chi connectivity index (χ4n) is 10.6. The molecule has 56 heavy (non-hydrogen) atoms. The molecule has 1 unspecified atom stereocenters. The topological polar surface area (TPSA) is 123 Å². The first-order valence-electron chi connectivity index (χ1n) is 19.9. The summed E-state index contributed by atoms with van der Waals surface area (Å²) in [5, 5.41) is 22.8. The van der Waals surface area contributed by atoms with Crippen molar-refractivity contribution in [2.75, 3.05) is 64.7 Å². The molecule has 2 N–H and O–H groups in total. The van der Waals surface area contributed by atoms with Crippen LogP contribution in [0.2, 0.25) is 0 Å². The summed E-state index contributed by atoms with van der Waals surface area (Å²) in [6.45, 7) is 5.74. The van der Waals surface area contributed by atoms with Gasteiger partial charge in [0, 0.05) is 40.4 Å². The summed E-state index contributed by atoms with van der Waals surface area (Å²) in [7, 11) is 1.41. The van der Waals surface area contributed by atoms with Gasteiger partial charge in [-0.25, -0.2) is 13.8 Å². The van der Waals surface area contributed by atoms with Gasteiger partial charge in [-0.1, -0.05) is 24.8 Å². The van der Waals surface area contributed by atoms with E-state index in [1.807, 2.05) is 4.90 Å². The second kappa shape index (κ2) is 14.2. The summed E-state index contributed by atoms with van der Waals surface area (Å²) in [4.78, 5) is 18.9. The summed E-state index contributed by atoms with van der Waals surface area (Å²) < 4.78 is 56.4. The number of anilines is 1. The molecule has 5 heterocycles. The largest absolute Gasteiger partial charge is 0.508 e. The lowest BCUT2D eigenvalue weighted by molar-refractivity contribution is -0.151. The third-order valence-electron chi connectivity index (χ3n) is 13.1. The first kappa shape index (κ1) is 37.2. The fraction of sp³-hybridized carbons (Fsp3) is 0.558. The minimum absolute atomic E-state index is 0.00241. The molecule has 4 aromatic rings. The third-order valence-corrected chi connectivity index (χ3v) is 13.1. The number of piperidine rings is 1. The molecule has 13 heteroatoms. The number of likely N-dealkylation sites (tertiary alicyclic amines) is 1. The van der Waals surface area contributed by atoms with E-state index in [0.717, 1.165) is 51.9 Å². The highest BCUT2D eigenvalue weighted by Gasteiger charge is 2.52. The lowest BCUT2D eigenvalue weighted by atomic mass is 9.68. The van der Waals surface area contributed by atoms with Crippen LogP contribution in [0.15, 0.2) is 24.3 Å². The number of benzene rings is 2. The number of methoxy groups -OCH3 is 1. The van der Waals surface area contributed by atoms with E-state index < -0.39 is 17.2 Å². The molecular formula is C43H49F2N5O6. The smallest absolute Gasteiger partial charge is 0.319 e. The number of terminal acetylenes is 1. The lowest BCUT2D eigenvalue weighted by Gasteiger charge is -2.54. The number of hydrogen-bond acceptors (Lipinski definition) is 11. The Kier molecular flexibility index (Phi) is 9.47. The number of aromatic nitrogens is 3. The summed E-state index contributed by atoms with van der Waals surface area (Å²) in [6, 6.07) is 6.32. The number of phenols is 1. The molecule has 0 amide bonds. The van der Waals surface area contributed by atoms with Gasteiger partial charge < -0.3 is 34.1 Å². The standard InChI is InChI=1S/C43H49F2N5O6/c1-4-29-31(44)11-10-26-18-28(51)19-30(33(26)29)36-35(45)37-34(39(46-36)53-3)38(49-16-17-54-22-41(2,52)21-49)48-40(47-37)56-25-43-13-6-9-32(43)50(15-7-14-43)27-8-5-12-42(20-27)23-55-24-42/h1,10-11,18-19,27,32,51-52H,5-9,12-17,20-25H2,2-3H3/t27?,32-,41+,43-/m1/s1. The average molecular weight is 770 g/mol. The molecule has 296 valence electrons. The van der Waals surface area contributed by atoms with Gasteiger partial charge in [-0.15, -0.1) is 6.42 Å². The number of aromatic hydroxyl groups is 1. The van der Waals surface area contributed by atoms with E-state index in [2.05, 4.69) is 15.8 Å². The van der Waals surface area contributed by atoms with Crippen molar-refractivity contribution in [3.8, 4) is 41.2 Å². The van der Waals surface area contributed by atoms with Crippen molar-refractivity contribution in [3.63, 3.8) is 0 Å². The van der Waals surface area contributed by atoms with Crippen LogP contribution < -0.4 is 14.4 Å². The monoisotopic (exact) mass is 769 g/mol. The molecule has 5 aliphatic rings. The first-order chi connectivity index (χ1) is 27.0. The molecule has 3 saturated heterocycles. The molecule has 1 spiro atoms. The highest BCUT2D eigenvalue weighted by atomic mass is 19.1. The molecule has 2 saturated carbocycles. The SMILES string of the molecule is C#Cc1c(F)ccc2cc(O)cc(-c3nc(OC)c4c(N5CCOC[C@@](C)(O)C5)nc(OC[C@]56CCC[C@H]5N(C5CCCC7(COC7)C5)CCC6)nc4c3F)c12. The van der Waals surface area contributed by atoms with Crippen LogP contribution in [0.4, 0.5) is 14.6 Å². The van der Waals surface area contributed by atoms with E-state index in [0.29, 0.717) is 42.6 Å². The van der Waals surface area contributed by atoms with E-state index in [1.165, 1.54) is 57.1 Å². The number of pyridine rings is 1. The first-order valence-corrected chi connectivity index (χ1v) is 19.9. The Hall–Kier alpha value is -4.35. The Morgan fingerprint density at radius 1 is 1.00 bits per heavy atom. The number of ether oxygens (including phenoxy) is 4. The van der Waals surface area contributed by atoms with Gasteiger partial charge in [0.25, 0.3) is 0 Å². The second-order valence-corrected chi connectivity index (χ2v) is 17.1. The fourth-order valence-corrected chi connectivity index (χ4v) is 10.6. The zero-order valence-electron chi connectivity index (χ0n) is 32.1. The number of fused-ring (bicyclic) bond motifs is 3. The zero-order valence-corrected chi connectivity index (χ0v) is 32.1. The van der Waals surface area contributed by atoms with E-state index in [-0.39, 0.29) is 75.1 Å². The van der Waals surface area contributed by atoms with E-state index >= 15 is 8.78 Å². The average Bonchev–Trinajstić information content (AvgIpc) is 3.53. The molecular weight excluding hydrogens is 720 g/mol. The predicted octanol–water partition coefficient (Wildman–Crippen LogP) is 6.38. The van der Waals surface area contributed by atoms with E-state index in [4.69, 9.17) is 35.3 Å². The molecule has 9 rings (SSSR count). The van der Waals surface area contributed by atoms with Gasteiger partial charge in [-0.05, 0) is 82.0 Å². The Morgan fingerprint density at radius 3 is 2.61 bits per heavy atom. The summed E-state index contributed by atoms with van der Waals surface area (Å²) in [6.07, 6.45) is 16.0. The van der Waals surface area contributed by atoms with Crippen molar-refractivity contribution in [3.05, 3.63) is 41.5 Å². The van der Waals surface area contributed by atoms with Gasteiger partial charge >= 0.3 is 6.01 Å². The Labute approximate surface area is 325 Å². The normalized spacial score (nSPS) is 27.8. The summed E-state index contributed by atoms with van der Waals surface area (Å²) in [5.41, 5.74) is -1.40. The number of aliphatic hydroxyl groups is 1. The highest BCUT2D eigenvalue weighted by molar-refractivity contribution is 6.04. The lowest BCUT2D eigenvalue weighted by Crippen LogP contribution is -2.59. The number of halogens is 2. The van der Waals surface area contributed by atoms with Gasteiger partial charge in [0.05, 0.1) is 52.3 Å². The van der Waals surface area contributed by atoms with Crippen LogP contribution in [0.3, 0.4) is 0 Å². The minimum Gasteiger partial charge on any atom is -0.508 e. The molecule has 0 radical (unpaired) electrons. The van der Waals surface area contributed by atoms with Crippen molar-refractivity contribution >= 4 is 27.5 Å². The number of nitrogens with zero attached hydrogens (tertiary/aromatic N) is 5. The number of phenolic OH excluding ortho intramolecular Hbond substituents is 1. The van der Waals surface area contributed by atoms with Gasteiger partial charge in [0.15, 0.2) is 5.82 Å². The van der Waals surface area contributed by atoms with Gasteiger partial charge in [-0.2, -0.15) is 9.97 Å². The van der Waals surface area contributed by atoms with E-state index in [9.17, 15) is 10.2 Å². The molecule has 2 aliphatic carbocycles. The molecule has 0 bridgehead atoms. The Bertz CT molecular complexity index is 2230. The van der Waals surface area contributed by atoms with Crippen molar-refractivity contribution in [1.29, 1.82) is 0 Å². The van der Waals surface area contributed by atoms with Crippen LogP contribution in [-0.4, -0.2) is 108 Å². The predicted molar refractivity (Wildman–Crippen MR) is 207 cm³/mol. The highest BCUT2D eigenvalue weighted by Crippen LogP contribution is 2.52. The molecule has 3 aliphatic heterocycles. The van der Waals surface area contributed by atoms with Crippen LogP contribution in [0.1, 0.15) is 70.3 Å². The molecule has 2 aromatic carbocycles. The zero-order chi connectivity index (χ0) is 38.8. The van der Waals surface area contributed by atoms with Crippen molar-refractivity contribution in [2.45, 2.75) is 82.4 Å². The maximum absolute atomic E-state index is 17.4. The third kappa shape index (κ3) is 6.39. The maximum atomic E-state index is 17.4. The van der Waals surface area contributed by atoms with E-state index in [1.54, 1.807) is 6.92 Å². The summed E-state index contributed by atoms with van der Waals surface area (Å²) >= 11 is 0. The van der Waals surface area contributed by atoms with Crippen LogP contribution in [0.25, 0.3) is 32.9 Å². The van der Waals surface area contributed by atoms with Crippen molar-refractivity contribution in [1.82, 2.24) is 19.9 Å². The van der Waals surface area contributed by atoms with Crippen LogP contribution in [0.5, 0.6) is 17.6 Å². The van der Waals surface area contributed by atoms with Crippen molar-refractivity contribution < 1.29 is 37.9 Å². The van der Waals surface area contributed by atoms with Gasteiger partial charge in [-0.3, -0.25) is 4.90 Å². The second-order valence-electron chi connectivity index (χ2n) is 17.1. The van der Waals surface area contributed by atoms with Crippen LogP contribution in [-0.2, 0) is 9.47 Å². The maximum Gasteiger partial charge on any atom is 0.319 e. The van der Waals surface area contributed by atoms with Crippen LogP contribution in [0, 0.1) is 34.8 Å². The van der Waals surface area contributed by atoms with Crippen LogP contribution >= 0.6 is 0 Å². The molecule has 11 nitrogen and oxygen atoms in total. The molecule has 2 aromatic heterocycles. The minimum atomic E-state index is -1.24. The Balaban J connectivity index is 1.15. The summed E-state index contributed by atoms with van der Waals surface area (Å²) in [5.74, 6) is 0.974. The van der Waals surface area contributed by atoms with Gasteiger partial charge in [0.2, 0.25) is 5.88 Å². The number of rotatable bonds is 7. The van der Waals surface area contributed by atoms with Gasteiger partial charge in [0.1, 0.15) is 39.6 Å². The number of hydrogen-bond donors (Lipinski definition) is 2. The quantitative estimate of drug-likeness (QED) is 0.204. The van der Waals surface area contributed by atoms with Crippen molar-refractivity contribution in [2.24, 2.45) is 10.8 Å². The molecule has 4 atom stereocenters. The Morgan fingerprint density at radius 2 is 1.82 bits per heavy atom. The molecule has 5 fully saturated rings.